The zero-order valence-corrected chi connectivity index (χ0v) is 13.1. The Morgan fingerprint density at radius 2 is 2.20 bits per heavy atom. The first kappa shape index (κ1) is 15.5. The van der Waals surface area contributed by atoms with Crippen molar-refractivity contribution in [2.75, 3.05) is 26.2 Å². The first-order valence-electron chi connectivity index (χ1n) is 8.25. The summed E-state index contributed by atoms with van der Waals surface area (Å²) in [6, 6.07) is 0.741. The molecule has 0 spiro atoms. The van der Waals surface area contributed by atoms with Gasteiger partial charge in [-0.05, 0) is 44.8 Å². The van der Waals surface area contributed by atoms with E-state index in [4.69, 9.17) is 0 Å². The van der Waals surface area contributed by atoms with E-state index in [0.29, 0.717) is 0 Å². The second kappa shape index (κ2) is 8.42. The summed E-state index contributed by atoms with van der Waals surface area (Å²) in [4.78, 5) is 6.74. The molecule has 0 radical (unpaired) electrons. The Kier molecular flexibility index (Phi) is 6.54. The highest BCUT2D eigenvalue weighted by atomic mass is 15.2. The molecule has 0 bridgehead atoms. The fourth-order valence-electron chi connectivity index (χ4n) is 3.22. The minimum absolute atomic E-state index is 0.741. The van der Waals surface area contributed by atoms with Crippen LogP contribution in [0.5, 0.6) is 0 Å². The lowest BCUT2D eigenvalue weighted by atomic mass is 9.89. The Morgan fingerprint density at radius 1 is 1.30 bits per heavy atom. The number of hydrogen-bond acceptors (Lipinski definition) is 3. The normalized spacial score (nSPS) is 24.1. The molecule has 2 rings (SSSR count). The predicted molar refractivity (Wildman–Crippen MR) is 83.8 cm³/mol. The molecule has 1 N–H and O–H groups in total. The molecule has 114 valence electrons. The zero-order chi connectivity index (χ0) is 14.2. The second-order valence-electron chi connectivity index (χ2n) is 5.97. The van der Waals surface area contributed by atoms with E-state index in [1.165, 1.54) is 51.9 Å². The summed E-state index contributed by atoms with van der Waals surface area (Å²) >= 11 is 0. The number of hydrogen-bond donors (Lipinski definition) is 1. The maximum atomic E-state index is 4.09. The van der Waals surface area contributed by atoms with Crippen LogP contribution in [0.15, 0.2) is 18.7 Å². The minimum atomic E-state index is 0.741. The van der Waals surface area contributed by atoms with Gasteiger partial charge in [-0.25, -0.2) is 4.98 Å². The molecule has 1 aromatic rings. The fourth-order valence-corrected chi connectivity index (χ4v) is 3.22. The second-order valence-corrected chi connectivity index (χ2v) is 5.97. The van der Waals surface area contributed by atoms with Crippen molar-refractivity contribution in [3.63, 3.8) is 0 Å². The molecule has 20 heavy (non-hydrogen) atoms. The molecule has 4 nitrogen and oxygen atoms in total. The number of nitrogens with one attached hydrogen (secondary N) is 1. The van der Waals surface area contributed by atoms with Crippen LogP contribution in [0.1, 0.15) is 39.5 Å². The first-order chi connectivity index (χ1) is 9.83. The third-order valence-corrected chi connectivity index (χ3v) is 4.45. The summed E-state index contributed by atoms with van der Waals surface area (Å²) in [5.41, 5.74) is 0. The molecule has 1 aliphatic rings. The largest absolute Gasteiger partial charge is 0.337 e. The van der Waals surface area contributed by atoms with Gasteiger partial charge in [0.15, 0.2) is 0 Å². The van der Waals surface area contributed by atoms with Gasteiger partial charge in [-0.3, -0.25) is 0 Å². The van der Waals surface area contributed by atoms with Crippen molar-refractivity contribution in [2.45, 2.75) is 52.1 Å². The molecule has 1 saturated heterocycles. The zero-order valence-electron chi connectivity index (χ0n) is 13.1. The lowest BCUT2D eigenvalue weighted by Gasteiger charge is -2.39. The average Bonchev–Trinajstić information content (AvgIpc) is 2.99. The molecule has 2 unspecified atom stereocenters. The lowest BCUT2D eigenvalue weighted by Crippen LogP contribution is -2.49. The quantitative estimate of drug-likeness (QED) is 0.792. The van der Waals surface area contributed by atoms with Gasteiger partial charge in [-0.2, -0.15) is 0 Å². The van der Waals surface area contributed by atoms with Crippen molar-refractivity contribution in [1.29, 1.82) is 0 Å². The standard InChI is InChI=1S/C16H30N4/c1-3-7-18-16-6-11-19(13-15(16)4-2)9-5-10-20-12-8-17-14-20/h8,12,14-16,18H,3-7,9-11,13H2,1-2H3. The van der Waals surface area contributed by atoms with Crippen molar-refractivity contribution in [3.8, 4) is 0 Å². The van der Waals surface area contributed by atoms with Gasteiger partial charge in [-0.1, -0.05) is 20.3 Å². The molecule has 0 amide bonds. The van der Waals surface area contributed by atoms with Crippen LogP contribution in [-0.2, 0) is 6.54 Å². The van der Waals surface area contributed by atoms with Crippen molar-refractivity contribution < 1.29 is 0 Å². The third-order valence-electron chi connectivity index (χ3n) is 4.45. The highest BCUT2D eigenvalue weighted by Crippen LogP contribution is 2.20. The number of aromatic nitrogens is 2. The van der Waals surface area contributed by atoms with E-state index in [1.54, 1.807) is 0 Å². The van der Waals surface area contributed by atoms with Crippen molar-refractivity contribution in [3.05, 3.63) is 18.7 Å². The molecule has 2 heterocycles. The molecule has 0 aliphatic carbocycles. The summed E-state index contributed by atoms with van der Waals surface area (Å²) in [6.07, 6.45) is 10.9. The van der Waals surface area contributed by atoms with Gasteiger partial charge in [0.1, 0.15) is 0 Å². The van der Waals surface area contributed by atoms with Crippen LogP contribution in [0.2, 0.25) is 0 Å². The fraction of sp³-hybridized carbons (Fsp3) is 0.812. The van der Waals surface area contributed by atoms with Crippen LogP contribution < -0.4 is 5.32 Å². The first-order valence-corrected chi connectivity index (χ1v) is 8.25. The summed E-state index contributed by atoms with van der Waals surface area (Å²) in [5.74, 6) is 0.823. The molecule has 4 heteroatoms. The van der Waals surface area contributed by atoms with Crippen molar-refractivity contribution in [2.24, 2.45) is 5.92 Å². The summed E-state index contributed by atoms with van der Waals surface area (Å²) in [5, 5.41) is 3.73. The number of imidazole rings is 1. The van der Waals surface area contributed by atoms with Crippen LogP contribution in [0.4, 0.5) is 0 Å². The van der Waals surface area contributed by atoms with Gasteiger partial charge in [0.25, 0.3) is 0 Å². The van der Waals surface area contributed by atoms with E-state index < -0.39 is 0 Å². The maximum absolute atomic E-state index is 4.09. The van der Waals surface area contributed by atoms with Crippen molar-refractivity contribution >= 4 is 0 Å². The van der Waals surface area contributed by atoms with Crippen LogP contribution in [0.3, 0.4) is 0 Å². The van der Waals surface area contributed by atoms with Gasteiger partial charge >= 0.3 is 0 Å². The van der Waals surface area contributed by atoms with E-state index in [-0.39, 0.29) is 0 Å². The highest BCUT2D eigenvalue weighted by molar-refractivity contribution is 4.84. The van der Waals surface area contributed by atoms with E-state index in [9.17, 15) is 0 Å². The van der Waals surface area contributed by atoms with Gasteiger partial charge in [0.05, 0.1) is 6.33 Å². The van der Waals surface area contributed by atoms with E-state index in [2.05, 4.69) is 39.8 Å². The molecule has 0 saturated carbocycles. The van der Waals surface area contributed by atoms with Gasteiger partial charge in [0, 0.05) is 31.5 Å². The Morgan fingerprint density at radius 3 is 2.90 bits per heavy atom. The van der Waals surface area contributed by atoms with E-state index >= 15 is 0 Å². The van der Waals surface area contributed by atoms with Gasteiger partial charge < -0.3 is 14.8 Å². The molecular weight excluding hydrogens is 248 g/mol. The average molecular weight is 278 g/mol. The highest BCUT2D eigenvalue weighted by Gasteiger charge is 2.26. The summed E-state index contributed by atoms with van der Waals surface area (Å²) < 4.78 is 2.17. The SMILES string of the molecule is CCCNC1CCN(CCCn2ccnc2)CC1CC. The molecule has 1 aliphatic heterocycles. The third kappa shape index (κ3) is 4.60. The van der Waals surface area contributed by atoms with Crippen molar-refractivity contribution in [1.82, 2.24) is 19.8 Å². The number of likely N-dealkylation sites (tertiary alicyclic amines) is 1. The number of rotatable bonds is 8. The summed E-state index contributed by atoms with van der Waals surface area (Å²) in [6.45, 7) is 10.6. The monoisotopic (exact) mass is 278 g/mol. The topological polar surface area (TPSA) is 33.1 Å². The lowest BCUT2D eigenvalue weighted by molar-refractivity contribution is 0.132. The molecule has 1 fully saturated rings. The Labute approximate surface area is 123 Å². The molecule has 1 aromatic heterocycles. The van der Waals surface area contributed by atoms with Crippen LogP contribution in [-0.4, -0.2) is 46.7 Å². The molecular formula is C16H30N4. The maximum Gasteiger partial charge on any atom is 0.0945 e. The Bertz CT molecular complexity index is 349. The Hall–Kier alpha value is -0.870. The number of piperidine rings is 1. The minimum Gasteiger partial charge on any atom is -0.337 e. The number of aryl methyl sites for hydroxylation is 1. The molecule has 2 atom stereocenters. The number of nitrogens with zero attached hydrogens (tertiary/aromatic N) is 3. The Balaban J connectivity index is 1.69. The molecule has 0 aromatic carbocycles. The smallest absolute Gasteiger partial charge is 0.0945 e. The van der Waals surface area contributed by atoms with Gasteiger partial charge in [0.2, 0.25) is 0 Å². The summed E-state index contributed by atoms with van der Waals surface area (Å²) in [7, 11) is 0. The van der Waals surface area contributed by atoms with Crippen LogP contribution in [0, 0.1) is 5.92 Å². The van der Waals surface area contributed by atoms with Gasteiger partial charge in [-0.15, -0.1) is 0 Å². The van der Waals surface area contributed by atoms with Crippen LogP contribution in [0.25, 0.3) is 0 Å². The van der Waals surface area contributed by atoms with Crippen LogP contribution >= 0.6 is 0 Å². The predicted octanol–water partition coefficient (Wildman–Crippen LogP) is 2.37. The van der Waals surface area contributed by atoms with E-state index in [1.807, 2.05) is 12.5 Å². The van der Waals surface area contributed by atoms with E-state index in [0.717, 1.165) is 18.5 Å².